The van der Waals surface area contributed by atoms with Crippen LogP contribution in [0.2, 0.25) is 0 Å². The fourth-order valence-corrected chi connectivity index (χ4v) is 4.59. The summed E-state index contributed by atoms with van der Waals surface area (Å²) in [5.41, 5.74) is 1.05. The number of sulfonamides is 1. The molecule has 0 N–H and O–H groups in total. The van der Waals surface area contributed by atoms with Crippen LogP contribution in [0.15, 0.2) is 29.2 Å². The summed E-state index contributed by atoms with van der Waals surface area (Å²) in [5.74, 6) is 0. The van der Waals surface area contributed by atoms with Crippen LogP contribution < -0.4 is 0 Å². The van der Waals surface area contributed by atoms with E-state index in [0.717, 1.165) is 31.7 Å². The van der Waals surface area contributed by atoms with Crippen LogP contribution >= 0.6 is 0 Å². The minimum atomic E-state index is -3.37. The summed E-state index contributed by atoms with van der Waals surface area (Å²) in [6, 6.07) is 7.81. The van der Waals surface area contributed by atoms with Crippen LogP contribution in [0.4, 0.5) is 0 Å². The smallest absolute Gasteiger partial charge is 0.242 e. The van der Waals surface area contributed by atoms with Crippen molar-refractivity contribution in [1.82, 2.24) is 9.21 Å². The Balaban J connectivity index is 1.77. The van der Waals surface area contributed by atoms with E-state index in [1.165, 1.54) is 23.6 Å². The largest absolute Gasteiger partial charge is 0.375 e. The molecule has 0 spiro atoms. The van der Waals surface area contributed by atoms with Crippen LogP contribution in [0.5, 0.6) is 0 Å². The van der Waals surface area contributed by atoms with Crippen LogP contribution in [-0.4, -0.2) is 57.0 Å². The third-order valence-electron chi connectivity index (χ3n) is 4.91. The normalized spacial score (nSPS) is 26.2. The molecule has 0 radical (unpaired) electrons. The monoisotopic (exact) mass is 338 g/mol. The number of nitrogens with zero attached hydrogens (tertiary/aromatic N) is 2. The van der Waals surface area contributed by atoms with Crippen molar-refractivity contribution in [3.05, 3.63) is 29.8 Å². The Morgan fingerprint density at radius 3 is 2.83 bits per heavy atom. The molecule has 1 heterocycles. The van der Waals surface area contributed by atoms with Gasteiger partial charge in [0.1, 0.15) is 0 Å². The Bertz CT molecular complexity index is 643. The zero-order valence-corrected chi connectivity index (χ0v) is 14.8. The minimum Gasteiger partial charge on any atom is -0.375 e. The van der Waals surface area contributed by atoms with Gasteiger partial charge in [-0.05, 0) is 30.5 Å². The predicted octanol–water partition coefficient (Wildman–Crippen LogP) is 2.08. The van der Waals surface area contributed by atoms with Crippen molar-refractivity contribution in [2.45, 2.75) is 49.3 Å². The number of benzene rings is 1. The van der Waals surface area contributed by atoms with Crippen LogP contribution in [0.1, 0.15) is 31.2 Å². The van der Waals surface area contributed by atoms with Gasteiger partial charge in [-0.3, -0.25) is 4.90 Å². The molecule has 1 aromatic rings. The van der Waals surface area contributed by atoms with Gasteiger partial charge < -0.3 is 4.74 Å². The molecule has 23 heavy (non-hydrogen) atoms. The van der Waals surface area contributed by atoms with E-state index in [4.69, 9.17) is 4.74 Å². The molecule has 2 fully saturated rings. The first-order valence-electron chi connectivity index (χ1n) is 8.35. The summed E-state index contributed by atoms with van der Waals surface area (Å²) in [6.45, 7) is 2.49. The Kier molecular flexibility index (Phi) is 5.06. The molecule has 2 atom stereocenters. The SMILES string of the molecule is CN(C)S(=O)(=O)c1cccc(CN2CCO[C@H]3CCCC[C@@H]32)c1. The highest BCUT2D eigenvalue weighted by molar-refractivity contribution is 7.89. The summed E-state index contributed by atoms with van der Waals surface area (Å²) in [5, 5.41) is 0. The predicted molar refractivity (Wildman–Crippen MR) is 89.7 cm³/mol. The van der Waals surface area contributed by atoms with Gasteiger partial charge >= 0.3 is 0 Å². The van der Waals surface area contributed by atoms with Crippen molar-refractivity contribution >= 4 is 10.0 Å². The Labute approximate surface area is 139 Å². The zero-order chi connectivity index (χ0) is 16.4. The Morgan fingerprint density at radius 2 is 2.04 bits per heavy atom. The second-order valence-electron chi connectivity index (χ2n) is 6.67. The standard InChI is InChI=1S/C17H26N2O3S/c1-18(2)23(20,21)15-7-5-6-14(12-15)13-19-10-11-22-17-9-4-3-8-16(17)19/h5-7,12,16-17H,3-4,8-11,13H2,1-2H3/t16-,17-/m0/s1. The van der Waals surface area contributed by atoms with Crippen LogP contribution in [-0.2, 0) is 21.3 Å². The van der Waals surface area contributed by atoms with Crippen molar-refractivity contribution < 1.29 is 13.2 Å². The third-order valence-corrected chi connectivity index (χ3v) is 6.72. The fraction of sp³-hybridized carbons (Fsp3) is 0.647. The lowest BCUT2D eigenvalue weighted by Gasteiger charge is -2.43. The van der Waals surface area contributed by atoms with E-state index in [1.54, 1.807) is 20.2 Å². The summed E-state index contributed by atoms with van der Waals surface area (Å²) in [6.07, 6.45) is 5.20. The topological polar surface area (TPSA) is 49.9 Å². The number of fused-ring (bicyclic) bond motifs is 1. The van der Waals surface area contributed by atoms with Gasteiger partial charge in [0.2, 0.25) is 10.0 Å². The van der Waals surface area contributed by atoms with Gasteiger partial charge in [0.25, 0.3) is 0 Å². The van der Waals surface area contributed by atoms with E-state index >= 15 is 0 Å². The van der Waals surface area contributed by atoms with E-state index in [0.29, 0.717) is 17.0 Å². The van der Waals surface area contributed by atoms with E-state index in [2.05, 4.69) is 4.90 Å². The highest BCUT2D eigenvalue weighted by atomic mass is 32.2. The fourth-order valence-electron chi connectivity index (χ4n) is 3.62. The molecular formula is C17H26N2O3S. The number of rotatable bonds is 4. The van der Waals surface area contributed by atoms with Gasteiger partial charge in [-0.2, -0.15) is 0 Å². The molecule has 1 saturated carbocycles. The first-order chi connectivity index (χ1) is 11.0. The molecule has 128 valence electrons. The van der Waals surface area contributed by atoms with Crippen molar-refractivity contribution in [2.75, 3.05) is 27.2 Å². The Morgan fingerprint density at radius 1 is 1.26 bits per heavy atom. The molecule has 2 aliphatic rings. The number of hydrogen-bond donors (Lipinski definition) is 0. The van der Waals surface area contributed by atoms with Gasteiger partial charge in [0.05, 0.1) is 17.6 Å². The van der Waals surface area contributed by atoms with Crippen LogP contribution in [0, 0.1) is 0 Å². The van der Waals surface area contributed by atoms with Crippen LogP contribution in [0.25, 0.3) is 0 Å². The molecule has 1 saturated heterocycles. The number of hydrogen-bond acceptors (Lipinski definition) is 4. The maximum atomic E-state index is 12.3. The highest BCUT2D eigenvalue weighted by Gasteiger charge is 2.34. The van der Waals surface area contributed by atoms with Crippen molar-refractivity contribution in [3.8, 4) is 0 Å². The number of morpholine rings is 1. The lowest BCUT2D eigenvalue weighted by molar-refractivity contribution is -0.0911. The quantitative estimate of drug-likeness (QED) is 0.843. The molecule has 0 bridgehead atoms. The van der Waals surface area contributed by atoms with Gasteiger partial charge in [-0.15, -0.1) is 0 Å². The molecule has 0 aromatic heterocycles. The second kappa shape index (κ2) is 6.89. The van der Waals surface area contributed by atoms with Crippen molar-refractivity contribution in [1.29, 1.82) is 0 Å². The maximum absolute atomic E-state index is 12.3. The third kappa shape index (κ3) is 3.60. The van der Waals surface area contributed by atoms with E-state index in [-0.39, 0.29) is 0 Å². The van der Waals surface area contributed by atoms with Crippen molar-refractivity contribution in [2.24, 2.45) is 0 Å². The van der Waals surface area contributed by atoms with Gasteiger partial charge in [0.15, 0.2) is 0 Å². The molecule has 5 nitrogen and oxygen atoms in total. The lowest BCUT2D eigenvalue weighted by Crippen LogP contribution is -2.52. The number of ether oxygens (including phenoxy) is 1. The minimum absolute atomic E-state index is 0.353. The molecular weight excluding hydrogens is 312 g/mol. The van der Waals surface area contributed by atoms with E-state index < -0.39 is 10.0 Å². The first kappa shape index (κ1) is 16.9. The molecule has 0 amide bonds. The first-order valence-corrected chi connectivity index (χ1v) is 9.79. The summed E-state index contributed by atoms with van der Waals surface area (Å²) in [4.78, 5) is 2.84. The summed E-state index contributed by atoms with van der Waals surface area (Å²) in [7, 11) is -0.241. The molecule has 1 aliphatic carbocycles. The molecule has 1 aromatic carbocycles. The van der Waals surface area contributed by atoms with E-state index in [9.17, 15) is 8.42 Å². The summed E-state index contributed by atoms with van der Waals surface area (Å²) < 4.78 is 31.8. The average molecular weight is 338 g/mol. The average Bonchev–Trinajstić information content (AvgIpc) is 2.55. The summed E-state index contributed by atoms with van der Waals surface area (Å²) >= 11 is 0. The highest BCUT2D eigenvalue weighted by Crippen LogP contribution is 2.29. The van der Waals surface area contributed by atoms with Gasteiger partial charge in [-0.1, -0.05) is 25.0 Å². The lowest BCUT2D eigenvalue weighted by atomic mass is 9.90. The maximum Gasteiger partial charge on any atom is 0.242 e. The van der Waals surface area contributed by atoms with Crippen molar-refractivity contribution in [3.63, 3.8) is 0 Å². The zero-order valence-electron chi connectivity index (χ0n) is 13.9. The van der Waals surface area contributed by atoms with Crippen LogP contribution in [0.3, 0.4) is 0 Å². The van der Waals surface area contributed by atoms with Gasteiger partial charge in [0, 0.05) is 33.2 Å². The second-order valence-corrected chi connectivity index (χ2v) is 8.82. The molecule has 6 heteroatoms. The Hall–Kier alpha value is -0.950. The molecule has 0 unspecified atom stereocenters. The van der Waals surface area contributed by atoms with Gasteiger partial charge in [-0.25, -0.2) is 12.7 Å². The molecule has 1 aliphatic heterocycles. The molecule has 3 rings (SSSR count). The van der Waals surface area contributed by atoms with E-state index in [1.807, 2.05) is 18.2 Å².